The van der Waals surface area contributed by atoms with Crippen molar-refractivity contribution in [1.29, 1.82) is 0 Å². The third-order valence-corrected chi connectivity index (χ3v) is 6.19. The van der Waals surface area contributed by atoms with E-state index in [0.29, 0.717) is 13.0 Å². The van der Waals surface area contributed by atoms with Gasteiger partial charge in [-0.15, -0.1) is 0 Å². The molecule has 32 heavy (non-hydrogen) atoms. The third kappa shape index (κ3) is 3.39. The molecule has 0 saturated carbocycles. The number of H-pyrrole nitrogens is 1. The molecule has 166 valence electrons. The van der Waals surface area contributed by atoms with Gasteiger partial charge < -0.3 is 14.5 Å². The van der Waals surface area contributed by atoms with Crippen LogP contribution in [0.2, 0.25) is 0 Å². The lowest BCUT2D eigenvalue weighted by Gasteiger charge is -2.28. The Morgan fingerprint density at radius 2 is 1.84 bits per heavy atom. The second-order valence-corrected chi connectivity index (χ2v) is 8.09. The molecule has 1 aromatic heterocycles. The van der Waals surface area contributed by atoms with Gasteiger partial charge in [0, 0.05) is 25.7 Å². The van der Waals surface area contributed by atoms with Crippen molar-refractivity contribution in [2.75, 3.05) is 26.2 Å². The molecule has 0 spiro atoms. The molecule has 0 aliphatic carbocycles. The van der Waals surface area contributed by atoms with Crippen molar-refractivity contribution in [2.24, 2.45) is 0 Å². The fraction of sp³-hybridized carbons (Fsp3) is 0.381. The van der Waals surface area contributed by atoms with E-state index in [1.165, 1.54) is 40.1 Å². The number of halogens is 1. The molecule has 5 rings (SSSR count). The van der Waals surface area contributed by atoms with E-state index in [1.54, 1.807) is 11.0 Å². The Hall–Kier alpha value is -3.76. The predicted octanol–water partition coefficient (Wildman–Crippen LogP) is 0.469. The summed E-state index contributed by atoms with van der Waals surface area (Å²) in [6, 6.07) is 7.76. The van der Waals surface area contributed by atoms with Gasteiger partial charge in [0.05, 0.1) is 24.2 Å². The highest BCUT2D eigenvalue weighted by atomic mass is 19.1. The zero-order valence-corrected chi connectivity index (χ0v) is 16.9. The van der Waals surface area contributed by atoms with Gasteiger partial charge in [0.2, 0.25) is 0 Å². The van der Waals surface area contributed by atoms with Crippen LogP contribution >= 0.6 is 0 Å². The van der Waals surface area contributed by atoms with Crippen molar-refractivity contribution in [1.82, 2.24) is 24.9 Å². The molecule has 3 fully saturated rings. The molecule has 1 N–H and O–H groups in total. The lowest BCUT2D eigenvalue weighted by Crippen LogP contribution is -2.47. The quantitative estimate of drug-likeness (QED) is 0.740. The fourth-order valence-electron chi connectivity index (χ4n) is 4.64. The van der Waals surface area contributed by atoms with Gasteiger partial charge >= 0.3 is 6.09 Å². The summed E-state index contributed by atoms with van der Waals surface area (Å²) >= 11 is 0. The molecular weight excluding hydrogens is 421 g/mol. The molecule has 2 aromatic rings. The van der Waals surface area contributed by atoms with Crippen LogP contribution in [0.25, 0.3) is 0 Å². The second kappa shape index (κ2) is 7.74. The number of hydrogen-bond acceptors (Lipinski definition) is 6. The number of carbonyl (C=O) groups is 3. The summed E-state index contributed by atoms with van der Waals surface area (Å²) in [5.74, 6) is -1.36. The first-order valence-corrected chi connectivity index (χ1v) is 10.3. The Morgan fingerprint density at radius 1 is 1.03 bits per heavy atom. The van der Waals surface area contributed by atoms with E-state index in [0.717, 1.165) is 0 Å². The van der Waals surface area contributed by atoms with E-state index in [1.807, 2.05) is 0 Å². The average Bonchev–Trinajstić information content (AvgIpc) is 3.48. The summed E-state index contributed by atoms with van der Waals surface area (Å²) in [6.45, 7) is 1.13. The lowest BCUT2D eigenvalue weighted by atomic mass is 10.1. The molecule has 3 aliphatic heterocycles. The Kier molecular flexibility index (Phi) is 4.87. The number of rotatable bonds is 3. The monoisotopic (exact) mass is 441 g/mol. The summed E-state index contributed by atoms with van der Waals surface area (Å²) in [5.41, 5.74) is -0.304. The maximum Gasteiger partial charge on any atom is 0.410 e. The van der Waals surface area contributed by atoms with Crippen LogP contribution in [0.5, 0.6) is 0 Å². The highest BCUT2D eigenvalue weighted by molar-refractivity contribution is 5.95. The van der Waals surface area contributed by atoms with Gasteiger partial charge in [-0.05, 0) is 24.6 Å². The molecule has 3 saturated heterocycles. The minimum absolute atomic E-state index is 0.000987. The lowest BCUT2D eigenvalue weighted by molar-refractivity contribution is 0.0706. The number of ether oxygens (including phenoxy) is 1. The van der Waals surface area contributed by atoms with Crippen LogP contribution < -0.4 is 5.56 Å². The number of hydrogen-bond donors (Lipinski definition) is 1. The Morgan fingerprint density at radius 3 is 2.59 bits per heavy atom. The maximum absolute atomic E-state index is 14.0. The van der Waals surface area contributed by atoms with Crippen LogP contribution in [0.4, 0.5) is 9.18 Å². The first-order chi connectivity index (χ1) is 15.4. The standard InChI is InChI=1S/C21H20FN5O5/c22-14-4-2-1-3-13(14)19(29)25-8-7-12(9-25)27-16-10-26(11-17(16)32-21(27)31)20(30)15-5-6-18(28)24-23-15/h1-6,12,16-17H,7-11H2,(H,24,28)/t12?,16-,17+/m1/s1. The highest BCUT2D eigenvalue weighted by Gasteiger charge is 2.52. The molecule has 0 radical (unpaired) electrons. The van der Waals surface area contributed by atoms with E-state index < -0.39 is 29.5 Å². The van der Waals surface area contributed by atoms with Crippen LogP contribution in [-0.4, -0.2) is 87.2 Å². The fourth-order valence-corrected chi connectivity index (χ4v) is 4.64. The SMILES string of the molecule is O=C(c1ccc(=O)[nH]n1)N1C[C@@H]2OC(=O)N(C3CCN(C(=O)c4ccccc4F)C3)[C@@H]2C1. The van der Waals surface area contributed by atoms with E-state index in [2.05, 4.69) is 10.2 Å². The predicted molar refractivity (Wildman–Crippen MR) is 107 cm³/mol. The molecular formula is C21H20FN5O5. The third-order valence-electron chi connectivity index (χ3n) is 6.19. The molecule has 3 atom stereocenters. The molecule has 10 nitrogen and oxygen atoms in total. The first kappa shape index (κ1) is 20.2. The van der Waals surface area contributed by atoms with Gasteiger partial charge in [-0.25, -0.2) is 14.3 Å². The van der Waals surface area contributed by atoms with Gasteiger partial charge in [-0.3, -0.25) is 19.3 Å². The number of aromatic nitrogens is 2. The molecule has 3 aliphatic rings. The van der Waals surface area contributed by atoms with Crippen LogP contribution in [0, 0.1) is 5.82 Å². The number of benzene rings is 1. The van der Waals surface area contributed by atoms with Crippen molar-refractivity contribution in [3.8, 4) is 0 Å². The van der Waals surface area contributed by atoms with Crippen molar-refractivity contribution >= 4 is 17.9 Å². The first-order valence-electron chi connectivity index (χ1n) is 10.3. The van der Waals surface area contributed by atoms with Crippen molar-refractivity contribution < 1.29 is 23.5 Å². The maximum atomic E-state index is 14.0. The van der Waals surface area contributed by atoms with Crippen LogP contribution in [0.15, 0.2) is 41.2 Å². The number of amides is 3. The summed E-state index contributed by atoms with van der Waals surface area (Å²) in [4.78, 5) is 53.8. The smallest absolute Gasteiger partial charge is 0.410 e. The van der Waals surface area contributed by atoms with Crippen molar-refractivity contribution in [3.63, 3.8) is 0 Å². The normalized spacial score (nSPS) is 24.6. The molecule has 4 heterocycles. The van der Waals surface area contributed by atoms with Crippen LogP contribution in [0.3, 0.4) is 0 Å². The molecule has 1 unspecified atom stereocenters. The summed E-state index contributed by atoms with van der Waals surface area (Å²) < 4.78 is 19.5. The molecule has 3 amide bonds. The van der Waals surface area contributed by atoms with Crippen LogP contribution in [-0.2, 0) is 4.74 Å². The Bertz CT molecular complexity index is 1130. The number of fused-ring (bicyclic) bond motifs is 1. The van der Waals surface area contributed by atoms with E-state index in [-0.39, 0.29) is 48.9 Å². The van der Waals surface area contributed by atoms with E-state index in [4.69, 9.17) is 4.74 Å². The van der Waals surface area contributed by atoms with E-state index >= 15 is 0 Å². The Labute approximate surface area is 181 Å². The number of carbonyl (C=O) groups excluding carboxylic acids is 3. The number of nitrogens with one attached hydrogen (secondary N) is 1. The Balaban J connectivity index is 1.28. The van der Waals surface area contributed by atoms with Gasteiger partial charge in [0.15, 0.2) is 0 Å². The van der Waals surface area contributed by atoms with Gasteiger partial charge in [0.25, 0.3) is 17.4 Å². The summed E-state index contributed by atoms with van der Waals surface area (Å²) in [6.07, 6.45) is -0.418. The summed E-state index contributed by atoms with van der Waals surface area (Å²) in [5, 5.41) is 6.00. The molecule has 0 bridgehead atoms. The van der Waals surface area contributed by atoms with Crippen molar-refractivity contribution in [3.05, 3.63) is 63.8 Å². The zero-order valence-electron chi connectivity index (χ0n) is 16.9. The topological polar surface area (TPSA) is 116 Å². The molecule has 1 aromatic carbocycles. The minimum atomic E-state index is -0.581. The van der Waals surface area contributed by atoms with E-state index in [9.17, 15) is 23.6 Å². The van der Waals surface area contributed by atoms with Gasteiger partial charge in [0.1, 0.15) is 17.6 Å². The van der Waals surface area contributed by atoms with Gasteiger partial charge in [-0.2, -0.15) is 5.10 Å². The minimum Gasteiger partial charge on any atom is -0.442 e. The largest absolute Gasteiger partial charge is 0.442 e. The zero-order chi connectivity index (χ0) is 22.4. The number of nitrogens with zero attached hydrogens (tertiary/aromatic N) is 4. The average molecular weight is 441 g/mol. The summed E-state index contributed by atoms with van der Waals surface area (Å²) in [7, 11) is 0. The second-order valence-electron chi connectivity index (χ2n) is 8.09. The van der Waals surface area contributed by atoms with Crippen LogP contribution in [0.1, 0.15) is 27.3 Å². The van der Waals surface area contributed by atoms with Crippen molar-refractivity contribution in [2.45, 2.75) is 24.6 Å². The van der Waals surface area contributed by atoms with Gasteiger partial charge in [-0.1, -0.05) is 12.1 Å². The number of aromatic amines is 1. The molecule has 11 heteroatoms. The highest BCUT2D eigenvalue weighted by Crippen LogP contribution is 2.32. The number of likely N-dealkylation sites (tertiary alicyclic amines) is 2.